The Balaban J connectivity index is 2.00. The molecule has 0 bridgehead atoms. The van der Waals surface area contributed by atoms with Gasteiger partial charge in [0.05, 0.1) is 16.8 Å². The van der Waals surface area contributed by atoms with Crippen molar-refractivity contribution in [3.8, 4) is 0 Å². The molecule has 0 fully saturated rings. The third-order valence-corrected chi connectivity index (χ3v) is 4.98. The van der Waals surface area contributed by atoms with Gasteiger partial charge in [-0.1, -0.05) is 23.8 Å². The average molecular weight is 449 g/mol. The first-order valence-electron chi connectivity index (χ1n) is 9.74. The molecule has 0 aromatic heterocycles. The molecule has 7 nitrogen and oxygen atoms in total. The number of allylic oxidation sites excluding steroid dienone is 1. The molecule has 2 aromatic rings. The maximum Gasteiger partial charge on any atom is 0.416 e. The Kier molecular flexibility index (Phi) is 6.56. The second kappa shape index (κ2) is 9.01. The first kappa shape index (κ1) is 23.3. The minimum Gasteiger partial charge on any atom is -0.481 e. The number of anilines is 2. The van der Waals surface area contributed by atoms with Gasteiger partial charge in [-0.05, 0) is 44.5 Å². The van der Waals surface area contributed by atoms with Crippen molar-refractivity contribution >= 4 is 28.8 Å². The number of aliphatic hydroxyl groups is 1. The second-order valence-electron chi connectivity index (χ2n) is 7.42. The molecule has 0 spiro atoms. The van der Waals surface area contributed by atoms with Crippen molar-refractivity contribution in [1.29, 1.82) is 0 Å². The van der Waals surface area contributed by atoms with Crippen molar-refractivity contribution in [2.75, 3.05) is 4.90 Å². The summed E-state index contributed by atoms with van der Waals surface area (Å²) in [7, 11) is 0. The predicted molar refractivity (Wildman–Crippen MR) is 112 cm³/mol. The van der Waals surface area contributed by atoms with Crippen molar-refractivity contribution < 1.29 is 33.0 Å². The number of halogens is 3. The largest absolute Gasteiger partial charge is 0.481 e. The van der Waals surface area contributed by atoms with Crippen molar-refractivity contribution in [2.45, 2.75) is 39.1 Å². The Hall–Kier alpha value is -3.37. The number of carbonyl (C=O) groups is 2. The van der Waals surface area contributed by atoms with E-state index in [-0.39, 0.29) is 29.8 Å². The number of benzene rings is 2. The van der Waals surface area contributed by atoms with E-state index in [9.17, 15) is 27.9 Å². The summed E-state index contributed by atoms with van der Waals surface area (Å²) in [6.45, 7) is 3.39. The normalized spacial score (nSPS) is 16.1. The van der Waals surface area contributed by atoms with Gasteiger partial charge in [0.2, 0.25) is 0 Å². The molecular weight excluding hydrogens is 427 g/mol. The highest BCUT2D eigenvalue weighted by molar-refractivity contribution is 6.35. The third-order valence-electron chi connectivity index (χ3n) is 4.98. The van der Waals surface area contributed by atoms with Crippen LogP contribution in [0.5, 0.6) is 0 Å². The van der Waals surface area contributed by atoms with Crippen LogP contribution >= 0.6 is 0 Å². The van der Waals surface area contributed by atoms with E-state index in [1.54, 1.807) is 24.3 Å². The SMILES string of the molecule is C/C(NNC(O)CCC(=O)O)=C1/C(=O)N(c2ccc(C)cc2)c2cc(C(F)(F)F)ccc21. The molecule has 0 aliphatic carbocycles. The van der Waals surface area contributed by atoms with Gasteiger partial charge in [0.25, 0.3) is 5.91 Å². The van der Waals surface area contributed by atoms with Gasteiger partial charge in [0.1, 0.15) is 6.23 Å². The topological polar surface area (TPSA) is 102 Å². The number of alkyl halides is 3. The number of hydrogen-bond donors (Lipinski definition) is 4. The van der Waals surface area contributed by atoms with Crippen molar-refractivity contribution in [3.05, 3.63) is 64.9 Å². The Bertz CT molecular complexity index is 1070. The first-order chi connectivity index (χ1) is 15.0. The average Bonchev–Trinajstić information content (AvgIpc) is 3.01. The summed E-state index contributed by atoms with van der Waals surface area (Å²) in [5.74, 6) is -1.61. The molecule has 0 saturated heterocycles. The number of aliphatic carboxylic acids is 1. The van der Waals surface area contributed by atoms with Crippen LogP contribution in [-0.4, -0.2) is 28.3 Å². The minimum atomic E-state index is -4.58. The smallest absolute Gasteiger partial charge is 0.416 e. The number of carboxylic acid groups (broad SMARTS) is 1. The lowest BCUT2D eigenvalue weighted by Crippen LogP contribution is -2.40. The van der Waals surface area contributed by atoms with Gasteiger partial charge in [-0.2, -0.15) is 13.2 Å². The number of amides is 1. The fourth-order valence-electron chi connectivity index (χ4n) is 3.34. The summed E-state index contributed by atoms with van der Waals surface area (Å²) in [6.07, 6.45) is -6.14. The fraction of sp³-hybridized carbons (Fsp3) is 0.273. The number of rotatable bonds is 7. The molecule has 1 amide bonds. The number of carboxylic acids is 1. The lowest BCUT2D eigenvalue weighted by Gasteiger charge is -2.19. The van der Waals surface area contributed by atoms with Gasteiger partial charge in [-0.25, -0.2) is 5.43 Å². The van der Waals surface area contributed by atoms with E-state index in [1.807, 2.05) is 6.92 Å². The summed E-state index contributed by atoms with van der Waals surface area (Å²) in [6, 6.07) is 9.89. The van der Waals surface area contributed by atoms with Crippen LogP contribution in [0.2, 0.25) is 0 Å². The van der Waals surface area contributed by atoms with Gasteiger partial charge < -0.3 is 15.6 Å². The molecule has 2 aromatic carbocycles. The van der Waals surface area contributed by atoms with Crippen LogP contribution in [0.1, 0.15) is 36.5 Å². The molecule has 32 heavy (non-hydrogen) atoms. The third kappa shape index (κ3) is 4.92. The van der Waals surface area contributed by atoms with Gasteiger partial charge in [-0.15, -0.1) is 0 Å². The van der Waals surface area contributed by atoms with Gasteiger partial charge >= 0.3 is 12.1 Å². The summed E-state index contributed by atoms with van der Waals surface area (Å²) >= 11 is 0. The highest BCUT2D eigenvalue weighted by Crippen LogP contribution is 2.45. The van der Waals surface area contributed by atoms with Crippen LogP contribution in [0.15, 0.2) is 48.2 Å². The predicted octanol–water partition coefficient (Wildman–Crippen LogP) is 3.70. The fourth-order valence-corrected chi connectivity index (χ4v) is 3.34. The molecule has 1 unspecified atom stereocenters. The molecule has 1 atom stereocenters. The summed E-state index contributed by atoms with van der Waals surface area (Å²) in [5.41, 5.74) is 6.41. The molecule has 1 aliphatic heterocycles. The highest BCUT2D eigenvalue weighted by Gasteiger charge is 2.38. The van der Waals surface area contributed by atoms with E-state index in [2.05, 4.69) is 10.9 Å². The lowest BCUT2D eigenvalue weighted by molar-refractivity contribution is -0.138. The van der Waals surface area contributed by atoms with Crippen molar-refractivity contribution in [3.63, 3.8) is 0 Å². The van der Waals surface area contributed by atoms with E-state index in [1.165, 1.54) is 17.9 Å². The van der Waals surface area contributed by atoms with Crippen LogP contribution in [-0.2, 0) is 15.8 Å². The number of nitrogens with one attached hydrogen (secondary N) is 2. The van der Waals surface area contributed by atoms with Gasteiger partial charge in [0, 0.05) is 23.4 Å². The van der Waals surface area contributed by atoms with Gasteiger partial charge in [0.15, 0.2) is 0 Å². The molecule has 1 heterocycles. The van der Waals surface area contributed by atoms with E-state index in [4.69, 9.17) is 5.11 Å². The van der Waals surface area contributed by atoms with Crippen LogP contribution in [0.25, 0.3) is 5.57 Å². The van der Waals surface area contributed by atoms with E-state index < -0.39 is 29.8 Å². The lowest BCUT2D eigenvalue weighted by atomic mass is 10.0. The molecular formula is C22H22F3N3O4. The summed E-state index contributed by atoms with van der Waals surface area (Å²) in [5, 5.41) is 18.5. The Morgan fingerprint density at radius 1 is 1.16 bits per heavy atom. The van der Waals surface area contributed by atoms with Crippen molar-refractivity contribution in [2.24, 2.45) is 0 Å². The minimum absolute atomic E-state index is 0.0834. The second-order valence-corrected chi connectivity index (χ2v) is 7.42. The Labute approximate surface area is 182 Å². The quantitative estimate of drug-likeness (QED) is 0.292. The molecule has 0 radical (unpaired) electrons. The zero-order valence-corrected chi connectivity index (χ0v) is 17.3. The summed E-state index contributed by atoms with van der Waals surface area (Å²) in [4.78, 5) is 25.1. The van der Waals surface area contributed by atoms with E-state index in [0.717, 1.165) is 17.7 Å². The molecule has 4 N–H and O–H groups in total. The zero-order valence-electron chi connectivity index (χ0n) is 17.3. The number of fused-ring (bicyclic) bond motifs is 1. The number of aliphatic hydroxyl groups excluding tert-OH is 1. The zero-order chi connectivity index (χ0) is 23.6. The molecule has 10 heteroatoms. The molecule has 0 saturated carbocycles. The molecule has 170 valence electrons. The van der Waals surface area contributed by atoms with E-state index >= 15 is 0 Å². The maximum atomic E-state index is 13.3. The van der Waals surface area contributed by atoms with Crippen LogP contribution < -0.4 is 15.8 Å². The number of hydrogen-bond acceptors (Lipinski definition) is 5. The van der Waals surface area contributed by atoms with E-state index in [0.29, 0.717) is 11.3 Å². The number of nitrogens with zero attached hydrogens (tertiary/aromatic N) is 1. The highest BCUT2D eigenvalue weighted by atomic mass is 19.4. The van der Waals surface area contributed by atoms with Crippen LogP contribution in [0.4, 0.5) is 24.5 Å². The monoisotopic (exact) mass is 449 g/mol. The van der Waals surface area contributed by atoms with Crippen molar-refractivity contribution in [1.82, 2.24) is 10.9 Å². The molecule has 3 rings (SSSR count). The van der Waals surface area contributed by atoms with Crippen LogP contribution in [0.3, 0.4) is 0 Å². The Morgan fingerprint density at radius 3 is 2.41 bits per heavy atom. The number of carbonyl (C=O) groups excluding carboxylic acids is 1. The van der Waals surface area contributed by atoms with Crippen LogP contribution in [0, 0.1) is 6.92 Å². The summed E-state index contributed by atoms with van der Waals surface area (Å²) < 4.78 is 40.0. The standard InChI is InChI=1S/C22H22F3N3O4/c1-12-3-6-15(7-4-12)28-17-11-14(22(23,24)25)5-8-16(17)20(21(28)32)13(2)26-27-18(29)9-10-19(30)31/h3-8,11,18,26-27,29H,9-10H2,1-2H3,(H,30,31)/b20-13-. The van der Waals surface area contributed by atoms with Gasteiger partial charge in [-0.3, -0.25) is 14.5 Å². The Morgan fingerprint density at radius 2 is 1.81 bits per heavy atom. The maximum absolute atomic E-state index is 13.3. The number of hydrazine groups is 1. The first-order valence-corrected chi connectivity index (χ1v) is 9.74. The number of aryl methyl sites for hydroxylation is 1. The molecule has 1 aliphatic rings.